The second kappa shape index (κ2) is 7.45. The number of rotatable bonds is 5. The fourth-order valence-corrected chi connectivity index (χ4v) is 3.76. The molecule has 0 saturated carbocycles. The number of sulfonamides is 1. The second-order valence-corrected chi connectivity index (χ2v) is 7.61. The van der Waals surface area contributed by atoms with Crippen LogP contribution in [0, 0.1) is 5.82 Å². The molecule has 0 spiro atoms. The maximum Gasteiger partial charge on any atom is 0.255 e. The van der Waals surface area contributed by atoms with Gasteiger partial charge in [-0.25, -0.2) is 17.5 Å². The average Bonchev–Trinajstić information content (AvgIpc) is 2.64. The molecule has 1 amide bonds. The monoisotopic (exact) mass is 392 g/mol. The number of carbonyl (C=O) groups excluding carboxylic acids is 2. The van der Waals surface area contributed by atoms with E-state index in [1.807, 2.05) is 0 Å². The van der Waals surface area contributed by atoms with Crippen molar-refractivity contribution in [2.75, 3.05) is 13.2 Å². The van der Waals surface area contributed by atoms with Gasteiger partial charge in [0.2, 0.25) is 10.0 Å². The van der Waals surface area contributed by atoms with Gasteiger partial charge in [0.25, 0.3) is 5.91 Å². The van der Waals surface area contributed by atoms with Crippen LogP contribution >= 0.6 is 0 Å². The van der Waals surface area contributed by atoms with E-state index in [0.29, 0.717) is 11.3 Å². The van der Waals surface area contributed by atoms with Crippen molar-refractivity contribution < 1.29 is 27.1 Å². The fourth-order valence-electron chi connectivity index (χ4n) is 2.69. The predicted octanol–water partition coefficient (Wildman–Crippen LogP) is 1.50. The molecule has 9 heteroatoms. The lowest BCUT2D eigenvalue weighted by atomic mass is 10.0. The molecule has 0 aliphatic carbocycles. The topological polar surface area (TPSA) is 102 Å². The van der Waals surface area contributed by atoms with Gasteiger partial charge in [0.1, 0.15) is 24.2 Å². The van der Waals surface area contributed by atoms with Gasteiger partial charge in [0, 0.05) is 6.54 Å². The van der Waals surface area contributed by atoms with Crippen molar-refractivity contribution in [2.24, 2.45) is 0 Å². The highest BCUT2D eigenvalue weighted by Gasteiger charge is 2.31. The largest absolute Gasteiger partial charge is 0.490 e. The number of halogens is 1. The number of ether oxygens (including phenoxy) is 1. The maximum atomic E-state index is 14.1. The molecule has 1 aliphatic heterocycles. The Balaban J connectivity index is 1.84. The third-order valence-corrected chi connectivity index (χ3v) is 5.55. The van der Waals surface area contributed by atoms with Gasteiger partial charge in [-0.15, -0.1) is 0 Å². The van der Waals surface area contributed by atoms with Gasteiger partial charge < -0.3 is 10.1 Å². The summed E-state index contributed by atoms with van der Waals surface area (Å²) in [4.78, 5) is 24.7. The summed E-state index contributed by atoms with van der Waals surface area (Å²) in [6, 6.07) is 8.49. The number of hydrogen-bond acceptors (Lipinski definition) is 5. The molecule has 1 heterocycles. The molecule has 27 heavy (non-hydrogen) atoms. The van der Waals surface area contributed by atoms with Crippen molar-refractivity contribution >= 4 is 21.7 Å². The molecule has 3 rings (SSSR count). The first-order chi connectivity index (χ1) is 12.8. The van der Waals surface area contributed by atoms with Crippen LogP contribution in [0.25, 0.3) is 0 Å². The molecule has 2 aromatic carbocycles. The first-order valence-electron chi connectivity index (χ1n) is 8.19. The van der Waals surface area contributed by atoms with E-state index in [0.717, 1.165) is 18.2 Å². The number of ketones is 1. The first kappa shape index (κ1) is 19.0. The second-order valence-electron chi connectivity index (χ2n) is 5.84. The zero-order valence-corrected chi connectivity index (χ0v) is 15.2. The van der Waals surface area contributed by atoms with Crippen molar-refractivity contribution in [3.63, 3.8) is 0 Å². The van der Waals surface area contributed by atoms with E-state index in [9.17, 15) is 22.4 Å². The van der Waals surface area contributed by atoms with Crippen LogP contribution in [0.3, 0.4) is 0 Å². The standard InChI is InChI=1S/C18H17FN2O5S/c1-2-20-27(24,25)11-7-8-14(19)13(9-11)18(23)21-15-10-26-16-6-4-3-5-12(16)17(15)22/h3-9,15,20H,2,10H2,1H3,(H,21,23)/t15-/m0/s1. The summed E-state index contributed by atoms with van der Waals surface area (Å²) in [6.07, 6.45) is 0. The molecule has 2 N–H and O–H groups in total. The van der Waals surface area contributed by atoms with E-state index < -0.39 is 33.4 Å². The Hall–Kier alpha value is -2.78. The van der Waals surface area contributed by atoms with Crippen molar-refractivity contribution in [2.45, 2.75) is 17.9 Å². The molecule has 0 fully saturated rings. The van der Waals surface area contributed by atoms with Gasteiger partial charge >= 0.3 is 0 Å². The number of fused-ring (bicyclic) bond motifs is 1. The number of para-hydroxylation sites is 1. The minimum atomic E-state index is -3.86. The van der Waals surface area contributed by atoms with E-state index >= 15 is 0 Å². The lowest BCUT2D eigenvalue weighted by Gasteiger charge is -2.24. The Morgan fingerprint density at radius 2 is 2.00 bits per heavy atom. The SMILES string of the molecule is CCNS(=O)(=O)c1ccc(F)c(C(=O)N[C@H]2COc3ccccc3C2=O)c1. The highest BCUT2D eigenvalue weighted by Crippen LogP contribution is 2.24. The molecule has 2 aromatic rings. The quantitative estimate of drug-likeness (QED) is 0.803. The predicted molar refractivity (Wildman–Crippen MR) is 94.8 cm³/mol. The van der Waals surface area contributed by atoms with Crippen LogP contribution in [-0.4, -0.2) is 39.3 Å². The molecule has 7 nitrogen and oxygen atoms in total. The minimum Gasteiger partial charge on any atom is -0.490 e. The molecular formula is C18H17FN2O5S. The number of nitrogens with one attached hydrogen (secondary N) is 2. The first-order valence-corrected chi connectivity index (χ1v) is 9.68. The summed E-state index contributed by atoms with van der Waals surface area (Å²) in [5, 5.41) is 2.41. The van der Waals surface area contributed by atoms with Crippen LogP contribution in [0.1, 0.15) is 27.6 Å². The van der Waals surface area contributed by atoms with E-state index in [-0.39, 0.29) is 23.8 Å². The smallest absolute Gasteiger partial charge is 0.255 e. The van der Waals surface area contributed by atoms with Crippen LogP contribution in [0.5, 0.6) is 5.75 Å². The highest BCUT2D eigenvalue weighted by atomic mass is 32.2. The van der Waals surface area contributed by atoms with E-state index in [1.54, 1.807) is 31.2 Å². The summed E-state index contributed by atoms with van der Waals surface area (Å²) in [6.45, 7) is 1.65. The van der Waals surface area contributed by atoms with Crippen LogP contribution < -0.4 is 14.8 Å². The van der Waals surface area contributed by atoms with Gasteiger partial charge in [0.15, 0.2) is 5.78 Å². The molecule has 0 saturated heterocycles. The zero-order chi connectivity index (χ0) is 19.6. The molecular weight excluding hydrogens is 375 g/mol. The summed E-state index contributed by atoms with van der Waals surface area (Å²) in [5.74, 6) is -1.74. The summed E-state index contributed by atoms with van der Waals surface area (Å²) >= 11 is 0. The maximum absolute atomic E-state index is 14.1. The van der Waals surface area contributed by atoms with Gasteiger partial charge in [-0.1, -0.05) is 19.1 Å². The molecule has 0 bridgehead atoms. The van der Waals surface area contributed by atoms with E-state index in [1.165, 1.54) is 0 Å². The molecule has 0 radical (unpaired) electrons. The Morgan fingerprint density at radius 1 is 1.26 bits per heavy atom. The molecule has 0 aromatic heterocycles. The summed E-state index contributed by atoms with van der Waals surface area (Å²) in [7, 11) is -3.86. The van der Waals surface area contributed by atoms with Crippen LogP contribution in [0.2, 0.25) is 0 Å². The van der Waals surface area contributed by atoms with Crippen molar-refractivity contribution in [1.29, 1.82) is 0 Å². The van der Waals surface area contributed by atoms with Gasteiger partial charge in [-0.05, 0) is 30.3 Å². The third kappa shape index (κ3) is 3.83. The number of amides is 1. The number of benzene rings is 2. The minimum absolute atomic E-state index is 0.0986. The third-order valence-electron chi connectivity index (χ3n) is 4.01. The van der Waals surface area contributed by atoms with E-state index in [4.69, 9.17) is 4.74 Å². The van der Waals surface area contributed by atoms with Crippen molar-refractivity contribution in [3.05, 3.63) is 59.4 Å². The lowest BCUT2D eigenvalue weighted by Crippen LogP contribution is -2.47. The lowest BCUT2D eigenvalue weighted by molar-refractivity contribution is 0.0793. The Labute approximate surface area is 155 Å². The van der Waals surface area contributed by atoms with Crippen molar-refractivity contribution in [3.8, 4) is 5.75 Å². The normalized spacial score (nSPS) is 16.4. The highest BCUT2D eigenvalue weighted by molar-refractivity contribution is 7.89. The number of hydrogen-bond donors (Lipinski definition) is 2. The van der Waals surface area contributed by atoms with Gasteiger partial charge in [0.05, 0.1) is 16.0 Å². The average molecular weight is 392 g/mol. The van der Waals surface area contributed by atoms with Crippen LogP contribution in [-0.2, 0) is 10.0 Å². The van der Waals surface area contributed by atoms with Crippen LogP contribution in [0.4, 0.5) is 4.39 Å². The molecule has 142 valence electrons. The van der Waals surface area contributed by atoms with Crippen molar-refractivity contribution in [1.82, 2.24) is 10.0 Å². The van der Waals surface area contributed by atoms with E-state index in [2.05, 4.69) is 10.0 Å². The summed E-state index contributed by atoms with van der Waals surface area (Å²) in [5.41, 5.74) is -0.154. The molecule has 1 aliphatic rings. The summed E-state index contributed by atoms with van der Waals surface area (Å²) < 4.78 is 45.9. The Morgan fingerprint density at radius 3 is 2.74 bits per heavy atom. The number of carbonyl (C=O) groups is 2. The number of Topliss-reactive ketones (excluding diaryl/α,β-unsaturated/α-hetero) is 1. The van der Waals surface area contributed by atoms with Crippen LogP contribution in [0.15, 0.2) is 47.4 Å². The van der Waals surface area contributed by atoms with Gasteiger partial charge in [-0.2, -0.15) is 0 Å². The Bertz CT molecular complexity index is 1010. The fraction of sp³-hybridized carbons (Fsp3) is 0.222. The Kier molecular flexibility index (Phi) is 5.24. The zero-order valence-electron chi connectivity index (χ0n) is 14.4. The molecule has 0 unspecified atom stereocenters. The van der Waals surface area contributed by atoms with Gasteiger partial charge in [-0.3, -0.25) is 9.59 Å². The molecule has 1 atom stereocenters.